The van der Waals surface area contributed by atoms with E-state index in [1.807, 2.05) is 27.7 Å². The molecule has 0 aromatic heterocycles. The third kappa shape index (κ3) is 4.91. The van der Waals surface area contributed by atoms with Crippen LogP contribution in [0.25, 0.3) is 0 Å². The Hall–Kier alpha value is -0.170. The van der Waals surface area contributed by atoms with E-state index in [-0.39, 0.29) is 18.5 Å². The molecule has 0 bridgehead atoms. The molecular formula is C11H26N2O3S. The molecule has 0 heterocycles. The van der Waals surface area contributed by atoms with Crippen LogP contribution in [0.5, 0.6) is 0 Å². The van der Waals surface area contributed by atoms with E-state index in [0.717, 1.165) is 0 Å². The van der Waals surface area contributed by atoms with E-state index < -0.39 is 15.6 Å². The SMILES string of the molecule is CCC(C)(CN)N(C)S(=O)(=O)CCOC(C)C. The minimum Gasteiger partial charge on any atom is -0.378 e. The maximum Gasteiger partial charge on any atom is 0.216 e. The van der Waals surface area contributed by atoms with Crippen molar-refractivity contribution in [1.82, 2.24) is 4.31 Å². The highest BCUT2D eigenvalue weighted by Crippen LogP contribution is 2.20. The Morgan fingerprint density at radius 3 is 2.29 bits per heavy atom. The highest BCUT2D eigenvalue weighted by atomic mass is 32.2. The van der Waals surface area contributed by atoms with Crippen LogP contribution in [0.3, 0.4) is 0 Å². The second-order valence-corrected chi connectivity index (χ2v) is 6.88. The van der Waals surface area contributed by atoms with Crippen molar-refractivity contribution < 1.29 is 13.2 Å². The van der Waals surface area contributed by atoms with Crippen LogP contribution in [0, 0.1) is 0 Å². The molecule has 5 nitrogen and oxygen atoms in total. The molecule has 0 amide bonds. The van der Waals surface area contributed by atoms with Crippen LogP contribution in [-0.2, 0) is 14.8 Å². The van der Waals surface area contributed by atoms with Crippen molar-refractivity contribution in [3.8, 4) is 0 Å². The van der Waals surface area contributed by atoms with Crippen molar-refractivity contribution in [2.24, 2.45) is 5.73 Å². The first-order valence-corrected chi connectivity index (χ1v) is 7.59. The summed E-state index contributed by atoms with van der Waals surface area (Å²) in [6.45, 7) is 8.08. The van der Waals surface area contributed by atoms with E-state index >= 15 is 0 Å². The molecule has 104 valence electrons. The van der Waals surface area contributed by atoms with Crippen LogP contribution in [0.4, 0.5) is 0 Å². The van der Waals surface area contributed by atoms with E-state index in [1.54, 1.807) is 7.05 Å². The molecule has 0 aromatic rings. The summed E-state index contributed by atoms with van der Waals surface area (Å²) >= 11 is 0. The fraction of sp³-hybridized carbons (Fsp3) is 1.00. The number of nitrogens with two attached hydrogens (primary N) is 1. The number of hydrogen-bond donors (Lipinski definition) is 1. The number of rotatable bonds is 8. The Labute approximate surface area is 105 Å². The molecule has 0 saturated carbocycles. The molecular weight excluding hydrogens is 240 g/mol. The number of nitrogens with zero attached hydrogens (tertiary/aromatic N) is 1. The number of hydrogen-bond acceptors (Lipinski definition) is 4. The Balaban J connectivity index is 4.60. The summed E-state index contributed by atoms with van der Waals surface area (Å²) in [4.78, 5) is 0. The maximum absolute atomic E-state index is 12.1. The van der Waals surface area contributed by atoms with Gasteiger partial charge in [0.1, 0.15) is 0 Å². The highest BCUT2D eigenvalue weighted by Gasteiger charge is 2.34. The summed E-state index contributed by atoms with van der Waals surface area (Å²) in [5, 5.41) is 0. The number of likely N-dealkylation sites (N-methyl/N-ethyl adjacent to an activating group) is 1. The van der Waals surface area contributed by atoms with Gasteiger partial charge < -0.3 is 10.5 Å². The van der Waals surface area contributed by atoms with Crippen LogP contribution in [0.1, 0.15) is 34.1 Å². The monoisotopic (exact) mass is 266 g/mol. The smallest absolute Gasteiger partial charge is 0.216 e. The van der Waals surface area contributed by atoms with Gasteiger partial charge in [0.05, 0.1) is 18.5 Å². The average Bonchev–Trinajstić information content (AvgIpc) is 2.26. The van der Waals surface area contributed by atoms with Crippen molar-refractivity contribution in [3.05, 3.63) is 0 Å². The predicted octanol–water partition coefficient (Wildman–Crippen LogP) is 0.800. The highest BCUT2D eigenvalue weighted by molar-refractivity contribution is 7.89. The van der Waals surface area contributed by atoms with Crippen LogP contribution < -0.4 is 5.73 Å². The lowest BCUT2D eigenvalue weighted by atomic mass is 10.00. The topological polar surface area (TPSA) is 72.6 Å². The first kappa shape index (κ1) is 16.8. The minimum atomic E-state index is -3.31. The fourth-order valence-electron chi connectivity index (χ4n) is 1.36. The zero-order valence-corrected chi connectivity index (χ0v) is 12.4. The predicted molar refractivity (Wildman–Crippen MR) is 70.4 cm³/mol. The lowest BCUT2D eigenvalue weighted by Gasteiger charge is -2.36. The molecule has 6 heteroatoms. The van der Waals surface area contributed by atoms with E-state index in [4.69, 9.17) is 10.5 Å². The molecule has 0 radical (unpaired) electrons. The van der Waals surface area contributed by atoms with Crippen LogP contribution in [0.2, 0.25) is 0 Å². The molecule has 0 spiro atoms. The molecule has 2 N–H and O–H groups in total. The molecule has 0 fully saturated rings. The van der Waals surface area contributed by atoms with E-state index in [0.29, 0.717) is 13.0 Å². The van der Waals surface area contributed by atoms with Crippen molar-refractivity contribution >= 4 is 10.0 Å². The standard InChI is InChI=1S/C11H26N2O3S/c1-6-11(4,9-12)13(5)17(14,15)8-7-16-10(2)3/h10H,6-9,12H2,1-5H3. The van der Waals surface area contributed by atoms with Crippen LogP contribution >= 0.6 is 0 Å². The summed E-state index contributed by atoms with van der Waals surface area (Å²) in [5.41, 5.74) is 5.14. The quantitative estimate of drug-likeness (QED) is 0.705. The van der Waals surface area contributed by atoms with E-state index in [1.165, 1.54) is 4.31 Å². The average molecular weight is 266 g/mol. The molecule has 17 heavy (non-hydrogen) atoms. The van der Waals surface area contributed by atoms with Gasteiger partial charge in [-0.15, -0.1) is 0 Å². The van der Waals surface area contributed by atoms with Gasteiger partial charge in [0.25, 0.3) is 0 Å². The Kier molecular flexibility index (Phi) is 6.61. The molecule has 0 rings (SSSR count). The van der Waals surface area contributed by atoms with Gasteiger partial charge in [0, 0.05) is 19.1 Å². The van der Waals surface area contributed by atoms with Gasteiger partial charge in [-0.25, -0.2) is 8.42 Å². The molecule has 0 aliphatic carbocycles. The second kappa shape index (κ2) is 6.68. The zero-order valence-electron chi connectivity index (χ0n) is 11.6. The van der Waals surface area contributed by atoms with Gasteiger partial charge in [-0.1, -0.05) is 6.92 Å². The van der Waals surface area contributed by atoms with Gasteiger partial charge in [0.2, 0.25) is 10.0 Å². The third-order valence-corrected chi connectivity index (χ3v) is 5.13. The van der Waals surface area contributed by atoms with E-state index in [9.17, 15) is 8.42 Å². The normalized spacial score (nSPS) is 16.5. The fourth-order valence-corrected chi connectivity index (χ4v) is 2.81. The molecule has 0 saturated heterocycles. The van der Waals surface area contributed by atoms with Crippen LogP contribution in [-0.4, -0.2) is 50.3 Å². The Morgan fingerprint density at radius 2 is 1.94 bits per heavy atom. The van der Waals surface area contributed by atoms with Crippen molar-refractivity contribution in [2.45, 2.75) is 45.8 Å². The summed E-state index contributed by atoms with van der Waals surface area (Å²) in [7, 11) is -1.73. The molecule has 1 unspecified atom stereocenters. The lowest BCUT2D eigenvalue weighted by molar-refractivity contribution is 0.0902. The molecule has 0 aliphatic rings. The lowest BCUT2D eigenvalue weighted by Crippen LogP contribution is -2.52. The summed E-state index contributed by atoms with van der Waals surface area (Å²) in [5.74, 6) is -0.00271. The Bertz CT molecular complexity index is 311. The second-order valence-electron chi connectivity index (χ2n) is 4.76. The summed E-state index contributed by atoms with van der Waals surface area (Å²) in [6, 6.07) is 0. The van der Waals surface area contributed by atoms with Gasteiger partial charge in [-0.3, -0.25) is 0 Å². The van der Waals surface area contributed by atoms with Gasteiger partial charge in [-0.2, -0.15) is 4.31 Å². The largest absolute Gasteiger partial charge is 0.378 e. The zero-order chi connectivity index (χ0) is 13.7. The first-order chi connectivity index (χ1) is 7.69. The maximum atomic E-state index is 12.1. The van der Waals surface area contributed by atoms with Gasteiger partial charge in [-0.05, 0) is 27.2 Å². The summed E-state index contributed by atoms with van der Waals surface area (Å²) in [6.07, 6.45) is 0.729. The minimum absolute atomic E-state index is 0.00271. The number of ether oxygens (including phenoxy) is 1. The van der Waals surface area contributed by atoms with Gasteiger partial charge in [0.15, 0.2) is 0 Å². The van der Waals surface area contributed by atoms with Crippen LogP contribution in [0.15, 0.2) is 0 Å². The molecule has 0 aromatic carbocycles. The third-order valence-electron chi connectivity index (χ3n) is 3.17. The van der Waals surface area contributed by atoms with E-state index in [2.05, 4.69) is 0 Å². The van der Waals surface area contributed by atoms with Gasteiger partial charge >= 0.3 is 0 Å². The first-order valence-electron chi connectivity index (χ1n) is 5.98. The van der Waals surface area contributed by atoms with Crippen molar-refractivity contribution in [2.75, 3.05) is 26.0 Å². The number of sulfonamides is 1. The molecule has 1 atom stereocenters. The Morgan fingerprint density at radius 1 is 1.41 bits per heavy atom. The van der Waals surface area contributed by atoms with Crippen molar-refractivity contribution in [3.63, 3.8) is 0 Å². The van der Waals surface area contributed by atoms with Crippen molar-refractivity contribution in [1.29, 1.82) is 0 Å². The molecule has 0 aliphatic heterocycles. The summed E-state index contributed by atoms with van der Waals surface area (Å²) < 4.78 is 30.8.